The van der Waals surface area contributed by atoms with Gasteiger partial charge in [0.2, 0.25) is 0 Å². The zero-order valence-electron chi connectivity index (χ0n) is 25.5. The second-order valence-corrected chi connectivity index (χ2v) is 13.0. The Balaban J connectivity index is 1.21. The Morgan fingerprint density at radius 1 is 1.21 bits per heavy atom. The van der Waals surface area contributed by atoms with Gasteiger partial charge in [0, 0.05) is 38.4 Å². The van der Waals surface area contributed by atoms with Crippen LogP contribution in [0.25, 0.3) is 0 Å². The third-order valence-corrected chi connectivity index (χ3v) is 8.26. The van der Waals surface area contributed by atoms with Gasteiger partial charge in [-0.3, -0.25) is 4.90 Å². The maximum absolute atomic E-state index is 14.6. The van der Waals surface area contributed by atoms with Gasteiger partial charge in [-0.15, -0.1) is 0 Å². The first-order valence-corrected chi connectivity index (χ1v) is 15.6. The number of unbranched alkanes of at least 4 members (excludes halogenated alkanes) is 1. The fraction of sp³-hybridized carbons (Fsp3) is 0.636. The molecule has 2 fully saturated rings. The van der Waals surface area contributed by atoms with E-state index in [1.54, 1.807) is 26.8 Å². The Bertz CT molecular complexity index is 1260. The predicted octanol–water partition coefficient (Wildman–Crippen LogP) is 6.56. The Morgan fingerprint density at radius 2 is 2.05 bits per heavy atom. The number of likely N-dealkylation sites (tertiary alicyclic amines) is 1. The molecule has 2 aromatic rings. The molecule has 236 valence electrons. The maximum Gasteiger partial charge on any atom is 0.328 e. The van der Waals surface area contributed by atoms with Crippen LogP contribution in [0.1, 0.15) is 93.8 Å². The zero-order valence-corrected chi connectivity index (χ0v) is 25.5. The third-order valence-electron chi connectivity index (χ3n) is 8.26. The van der Waals surface area contributed by atoms with Gasteiger partial charge in [-0.05, 0) is 101 Å². The number of pyridine rings is 1. The standard InChI is InChI=1S/C33H44F3N3O4/c1-32(2,3)43-31(40)29(27-19-23(34)10-12-26(27)28-13-15-33(35,36)21-42-28)39-17-14-25(20-39)41-18-5-4-8-24-11-9-22-7-6-16-37-30(22)38-24/h9-12,19,25,28-29H,4-8,13-18,20-21H2,1-3H3,(H,37,38). The van der Waals surface area contributed by atoms with E-state index in [4.69, 9.17) is 19.2 Å². The first kappa shape index (κ1) is 31.7. The van der Waals surface area contributed by atoms with Crippen molar-refractivity contribution in [1.82, 2.24) is 9.88 Å². The number of benzene rings is 1. The summed E-state index contributed by atoms with van der Waals surface area (Å²) in [6, 6.07) is 7.53. The zero-order chi connectivity index (χ0) is 30.6. The molecule has 3 aliphatic rings. The summed E-state index contributed by atoms with van der Waals surface area (Å²) < 4.78 is 59.8. The molecule has 3 unspecified atom stereocenters. The van der Waals surface area contributed by atoms with E-state index in [0.29, 0.717) is 37.2 Å². The molecule has 0 spiro atoms. The fourth-order valence-electron chi connectivity index (χ4n) is 6.16. The summed E-state index contributed by atoms with van der Waals surface area (Å²) in [7, 11) is 0. The van der Waals surface area contributed by atoms with Gasteiger partial charge < -0.3 is 19.5 Å². The lowest BCUT2D eigenvalue weighted by atomic mass is 9.91. The van der Waals surface area contributed by atoms with Crippen molar-refractivity contribution in [3.63, 3.8) is 0 Å². The average molecular weight is 604 g/mol. The van der Waals surface area contributed by atoms with Crippen molar-refractivity contribution in [2.24, 2.45) is 0 Å². The van der Waals surface area contributed by atoms with Crippen molar-refractivity contribution >= 4 is 11.8 Å². The molecule has 0 bridgehead atoms. The van der Waals surface area contributed by atoms with Crippen molar-refractivity contribution in [3.05, 3.63) is 58.5 Å². The molecule has 0 radical (unpaired) electrons. The van der Waals surface area contributed by atoms with Gasteiger partial charge >= 0.3 is 5.97 Å². The number of anilines is 1. The Hall–Kier alpha value is -2.69. The van der Waals surface area contributed by atoms with Gasteiger partial charge in [-0.2, -0.15) is 0 Å². The SMILES string of the molecule is CC(C)(C)OC(=O)C(c1cc(F)ccc1C1CCC(F)(F)CO1)N1CCC(OCCCCc2ccc3c(n2)NCCC3)C1. The van der Waals surface area contributed by atoms with Crippen LogP contribution in [0.15, 0.2) is 30.3 Å². The summed E-state index contributed by atoms with van der Waals surface area (Å²) in [4.78, 5) is 20.4. The van der Waals surface area contributed by atoms with Crippen LogP contribution in [0.3, 0.4) is 0 Å². The molecule has 0 aliphatic carbocycles. The van der Waals surface area contributed by atoms with Crippen LogP contribution in [0.2, 0.25) is 0 Å². The number of hydrogen-bond acceptors (Lipinski definition) is 7. The molecule has 1 aromatic carbocycles. The molecule has 43 heavy (non-hydrogen) atoms. The average Bonchev–Trinajstić information content (AvgIpc) is 3.40. The van der Waals surface area contributed by atoms with Gasteiger partial charge in [0.15, 0.2) is 0 Å². The Morgan fingerprint density at radius 3 is 2.81 bits per heavy atom. The van der Waals surface area contributed by atoms with E-state index in [1.807, 2.05) is 4.90 Å². The van der Waals surface area contributed by atoms with Gasteiger partial charge in [-0.1, -0.05) is 12.1 Å². The first-order valence-electron chi connectivity index (χ1n) is 15.6. The molecule has 4 heterocycles. The van der Waals surface area contributed by atoms with E-state index in [0.717, 1.165) is 50.2 Å². The maximum atomic E-state index is 14.6. The molecule has 0 amide bonds. The second-order valence-electron chi connectivity index (χ2n) is 13.0. The van der Waals surface area contributed by atoms with Crippen LogP contribution in [0.4, 0.5) is 19.0 Å². The monoisotopic (exact) mass is 603 g/mol. The van der Waals surface area contributed by atoms with E-state index < -0.39 is 42.1 Å². The molecule has 5 rings (SSSR count). The number of hydrogen-bond donors (Lipinski definition) is 1. The molecule has 10 heteroatoms. The van der Waals surface area contributed by atoms with Crippen LogP contribution < -0.4 is 5.32 Å². The van der Waals surface area contributed by atoms with E-state index >= 15 is 0 Å². The molecule has 3 atom stereocenters. The molecule has 1 N–H and O–H groups in total. The third kappa shape index (κ3) is 8.48. The van der Waals surface area contributed by atoms with E-state index in [-0.39, 0.29) is 18.9 Å². The summed E-state index contributed by atoms with van der Waals surface area (Å²) in [5, 5.41) is 3.38. The largest absolute Gasteiger partial charge is 0.459 e. The van der Waals surface area contributed by atoms with Crippen molar-refractivity contribution < 1.29 is 32.2 Å². The minimum atomic E-state index is -2.89. The number of carbonyl (C=O) groups is 1. The molecule has 1 aromatic heterocycles. The van der Waals surface area contributed by atoms with Crippen molar-refractivity contribution in [2.45, 2.75) is 102 Å². The van der Waals surface area contributed by atoms with Crippen LogP contribution in [-0.2, 0) is 31.8 Å². The van der Waals surface area contributed by atoms with Crippen molar-refractivity contribution in [3.8, 4) is 0 Å². The summed E-state index contributed by atoms with van der Waals surface area (Å²) >= 11 is 0. The summed E-state index contributed by atoms with van der Waals surface area (Å²) in [6.45, 7) is 7.24. The van der Waals surface area contributed by atoms with Gasteiger partial charge in [-0.25, -0.2) is 22.9 Å². The van der Waals surface area contributed by atoms with E-state index in [1.165, 1.54) is 17.7 Å². The molecular weight excluding hydrogens is 559 g/mol. The normalized spacial score (nSPS) is 22.9. The summed E-state index contributed by atoms with van der Waals surface area (Å²) in [5.41, 5.74) is 2.55. The molecule has 2 saturated heterocycles. The summed E-state index contributed by atoms with van der Waals surface area (Å²) in [6.07, 6.45) is 4.66. The predicted molar refractivity (Wildman–Crippen MR) is 158 cm³/mol. The van der Waals surface area contributed by atoms with Gasteiger partial charge in [0.25, 0.3) is 5.92 Å². The van der Waals surface area contributed by atoms with Gasteiger partial charge in [0.1, 0.15) is 29.9 Å². The van der Waals surface area contributed by atoms with Crippen LogP contribution in [0, 0.1) is 5.82 Å². The summed E-state index contributed by atoms with van der Waals surface area (Å²) in [5.74, 6) is -2.90. The van der Waals surface area contributed by atoms with Crippen molar-refractivity contribution in [1.29, 1.82) is 0 Å². The number of rotatable bonds is 10. The van der Waals surface area contributed by atoms with E-state index in [2.05, 4.69) is 17.4 Å². The number of fused-ring (bicyclic) bond motifs is 1. The highest BCUT2D eigenvalue weighted by atomic mass is 19.3. The smallest absolute Gasteiger partial charge is 0.328 e. The second kappa shape index (κ2) is 13.5. The van der Waals surface area contributed by atoms with Crippen LogP contribution >= 0.6 is 0 Å². The van der Waals surface area contributed by atoms with E-state index in [9.17, 15) is 18.0 Å². The number of nitrogens with zero attached hydrogens (tertiary/aromatic N) is 2. The molecular formula is C33H44F3N3O4. The number of carbonyl (C=O) groups excluding carboxylic acids is 1. The number of esters is 1. The number of alkyl halides is 2. The number of ether oxygens (including phenoxy) is 3. The van der Waals surface area contributed by atoms with Gasteiger partial charge in [0.05, 0.1) is 12.2 Å². The number of aryl methyl sites for hydroxylation is 2. The highest BCUT2D eigenvalue weighted by molar-refractivity contribution is 5.79. The molecule has 0 saturated carbocycles. The molecule has 3 aliphatic heterocycles. The number of halogens is 3. The topological polar surface area (TPSA) is 72.9 Å². The van der Waals surface area contributed by atoms with Crippen LogP contribution in [0.5, 0.6) is 0 Å². The Labute approximate surface area is 252 Å². The van der Waals surface area contributed by atoms with Crippen LogP contribution in [-0.4, -0.2) is 66.3 Å². The minimum Gasteiger partial charge on any atom is -0.459 e. The Kier molecular flexibility index (Phi) is 9.98. The highest BCUT2D eigenvalue weighted by Crippen LogP contribution is 2.40. The number of nitrogens with one attached hydrogen (secondary N) is 1. The minimum absolute atomic E-state index is 0.0793. The fourth-order valence-corrected chi connectivity index (χ4v) is 6.16. The highest BCUT2D eigenvalue weighted by Gasteiger charge is 2.41. The quantitative estimate of drug-likeness (QED) is 0.244. The van der Waals surface area contributed by atoms with Crippen molar-refractivity contribution in [2.75, 3.05) is 38.2 Å². The lowest BCUT2D eigenvalue weighted by molar-refractivity contribution is -0.162. The lowest BCUT2D eigenvalue weighted by Crippen LogP contribution is -2.39. The first-order chi connectivity index (χ1) is 20.5. The lowest BCUT2D eigenvalue weighted by Gasteiger charge is -2.34. The number of aromatic nitrogens is 1. The molecule has 7 nitrogen and oxygen atoms in total.